The number of benzene rings is 2. The molecule has 2 rings (SSSR count). The predicted molar refractivity (Wildman–Crippen MR) is 91.5 cm³/mol. The quantitative estimate of drug-likeness (QED) is 0.786. The fraction of sp³-hybridized carbons (Fsp3) is 0.188. The number of sulfonamides is 1. The summed E-state index contributed by atoms with van der Waals surface area (Å²) in [6.07, 6.45) is 0. The van der Waals surface area contributed by atoms with Gasteiger partial charge in [-0.05, 0) is 30.7 Å². The number of alkyl halides is 1. The van der Waals surface area contributed by atoms with E-state index in [2.05, 4.69) is 20.7 Å². The van der Waals surface area contributed by atoms with Gasteiger partial charge in [0.25, 0.3) is 15.9 Å². The highest BCUT2D eigenvalue weighted by molar-refractivity contribution is 9.08. The topological polar surface area (TPSA) is 72.5 Å². The third-order valence-electron chi connectivity index (χ3n) is 3.30. The lowest BCUT2D eigenvalue weighted by molar-refractivity contribution is 0.0981. The van der Waals surface area contributed by atoms with E-state index in [4.69, 9.17) is 4.74 Å². The number of carbonyl (C=O) groups is 1. The van der Waals surface area contributed by atoms with Crippen LogP contribution in [0.4, 0.5) is 0 Å². The summed E-state index contributed by atoms with van der Waals surface area (Å²) in [7, 11) is -2.43. The standard InChI is InChI=1S/C16H16BrNO4S/c1-11-5-3-4-6-15(11)23(20,21)18-16(19)12-7-8-13(10-17)14(9-12)22-2/h3-9H,10H2,1-2H3,(H,18,19). The summed E-state index contributed by atoms with van der Waals surface area (Å²) < 4.78 is 32.0. The Hall–Kier alpha value is -1.86. The number of nitrogens with one attached hydrogen (secondary N) is 1. The summed E-state index contributed by atoms with van der Waals surface area (Å²) >= 11 is 3.32. The third-order valence-corrected chi connectivity index (χ3v) is 5.40. The highest BCUT2D eigenvalue weighted by Crippen LogP contribution is 2.23. The fourth-order valence-electron chi connectivity index (χ4n) is 2.09. The maximum atomic E-state index is 12.3. The van der Waals surface area contributed by atoms with Gasteiger partial charge in [-0.25, -0.2) is 13.1 Å². The van der Waals surface area contributed by atoms with Gasteiger partial charge in [0.05, 0.1) is 12.0 Å². The van der Waals surface area contributed by atoms with Crippen molar-refractivity contribution in [1.29, 1.82) is 0 Å². The SMILES string of the molecule is COc1cc(C(=O)NS(=O)(=O)c2ccccc2C)ccc1CBr. The Labute approximate surface area is 143 Å². The van der Waals surface area contributed by atoms with Crippen LogP contribution in [0.2, 0.25) is 0 Å². The molecule has 0 saturated carbocycles. The van der Waals surface area contributed by atoms with Crippen molar-refractivity contribution in [2.45, 2.75) is 17.1 Å². The largest absolute Gasteiger partial charge is 0.496 e. The van der Waals surface area contributed by atoms with Crippen LogP contribution in [0.15, 0.2) is 47.4 Å². The van der Waals surface area contributed by atoms with Gasteiger partial charge in [-0.3, -0.25) is 4.79 Å². The summed E-state index contributed by atoms with van der Waals surface area (Å²) in [4.78, 5) is 12.3. The van der Waals surface area contributed by atoms with Crippen LogP contribution < -0.4 is 9.46 Å². The van der Waals surface area contributed by atoms with Crippen molar-refractivity contribution < 1.29 is 17.9 Å². The number of amides is 1. The van der Waals surface area contributed by atoms with Crippen molar-refractivity contribution in [2.24, 2.45) is 0 Å². The van der Waals surface area contributed by atoms with Gasteiger partial charge in [-0.1, -0.05) is 40.2 Å². The number of aryl methyl sites for hydroxylation is 1. The summed E-state index contributed by atoms with van der Waals surface area (Å²) in [6.45, 7) is 1.67. The molecule has 0 unspecified atom stereocenters. The number of carbonyl (C=O) groups excluding carboxylic acids is 1. The number of ether oxygens (including phenoxy) is 1. The highest BCUT2D eigenvalue weighted by atomic mass is 79.9. The fourth-order valence-corrected chi connectivity index (χ4v) is 3.77. The van der Waals surface area contributed by atoms with Crippen LogP contribution in [0, 0.1) is 6.92 Å². The number of hydrogen-bond donors (Lipinski definition) is 1. The van der Waals surface area contributed by atoms with Gasteiger partial charge >= 0.3 is 0 Å². The second kappa shape index (κ2) is 7.14. The van der Waals surface area contributed by atoms with Gasteiger partial charge in [0.15, 0.2) is 0 Å². The average Bonchev–Trinajstić information content (AvgIpc) is 2.53. The second-order valence-corrected chi connectivity index (χ2v) is 7.07. The molecule has 7 heteroatoms. The van der Waals surface area contributed by atoms with Crippen LogP contribution in [0.3, 0.4) is 0 Å². The Morgan fingerprint density at radius 1 is 1.22 bits per heavy atom. The summed E-state index contributed by atoms with van der Waals surface area (Å²) in [5, 5.41) is 0.569. The second-order valence-electron chi connectivity index (χ2n) is 4.86. The molecule has 0 saturated heterocycles. The first-order chi connectivity index (χ1) is 10.9. The van der Waals surface area contributed by atoms with Crippen LogP contribution in [0.5, 0.6) is 5.75 Å². The maximum Gasteiger partial charge on any atom is 0.265 e. The van der Waals surface area contributed by atoms with Gasteiger partial charge < -0.3 is 4.74 Å². The van der Waals surface area contributed by atoms with Crippen LogP contribution in [-0.4, -0.2) is 21.4 Å². The molecule has 122 valence electrons. The zero-order chi connectivity index (χ0) is 17.0. The predicted octanol–water partition coefficient (Wildman–Crippen LogP) is 3.02. The van der Waals surface area contributed by atoms with E-state index in [0.717, 1.165) is 5.56 Å². The minimum atomic E-state index is -3.92. The van der Waals surface area contributed by atoms with E-state index in [-0.39, 0.29) is 10.5 Å². The molecule has 23 heavy (non-hydrogen) atoms. The van der Waals surface area contributed by atoms with Gasteiger partial charge in [0.1, 0.15) is 5.75 Å². The lowest BCUT2D eigenvalue weighted by Crippen LogP contribution is -2.31. The monoisotopic (exact) mass is 397 g/mol. The van der Waals surface area contributed by atoms with E-state index >= 15 is 0 Å². The molecule has 0 fully saturated rings. The number of halogens is 1. The molecule has 1 N–H and O–H groups in total. The molecule has 0 aliphatic carbocycles. The maximum absolute atomic E-state index is 12.3. The van der Waals surface area contributed by atoms with Crippen molar-refractivity contribution >= 4 is 31.9 Å². The lowest BCUT2D eigenvalue weighted by atomic mass is 10.1. The van der Waals surface area contributed by atoms with Crippen LogP contribution >= 0.6 is 15.9 Å². The summed E-state index contributed by atoms with van der Waals surface area (Å²) in [6, 6.07) is 11.3. The van der Waals surface area contributed by atoms with Crippen molar-refractivity contribution in [3.63, 3.8) is 0 Å². The minimum Gasteiger partial charge on any atom is -0.496 e. The molecule has 0 aliphatic heterocycles. The Bertz CT molecular complexity index is 834. The molecule has 0 aliphatic rings. The first-order valence-electron chi connectivity index (χ1n) is 6.74. The molecule has 0 atom stereocenters. The van der Waals surface area contributed by atoms with Crippen LogP contribution in [0.1, 0.15) is 21.5 Å². The zero-order valence-corrected chi connectivity index (χ0v) is 15.1. The number of methoxy groups -OCH3 is 1. The Morgan fingerprint density at radius 3 is 2.52 bits per heavy atom. The van der Waals surface area contributed by atoms with Crippen molar-refractivity contribution in [1.82, 2.24) is 4.72 Å². The van der Waals surface area contributed by atoms with E-state index in [1.807, 2.05) is 0 Å². The molecule has 2 aromatic carbocycles. The Morgan fingerprint density at radius 2 is 1.91 bits per heavy atom. The molecule has 0 radical (unpaired) electrons. The first kappa shape index (κ1) is 17.5. The van der Waals surface area contributed by atoms with E-state index in [9.17, 15) is 13.2 Å². The lowest BCUT2D eigenvalue weighted by Gasteiger charge is -2.11. The molecule has 0 bridgehead atoms. The van der Waals surface area contributed by atoms with Gasteiger partial charge in [-0.15, -0.1) is 0 Å². The third kappa shape index (κ3) is 3.92. The first-order valence-corrected chi connectivity index (χ1v) is 9.35. The van der Waals surface area contributed by atoms with Crippen LogP contribution in [-0.2, 0) is 15.4 Å². The summed E-state index contributed by atoms with van der Waals surface area (Å²) in [5.41, 5.74) is 1.65. The Balaban J connectivity index is 2.30. The van der Waals surface area contributed by atoms with Crippen LogP contribution in [0.25, 0.3) is 0 Å². The molecule has 0 heterocycles. The zero-order valence-electron chi connectivity index (χ0n) is 12.7. The molecular formula is C16H16BrNO4S. The van der Waals surface area contributed by atoms with E-state index in [0.29, 0.717) is 16.6 Å². The van der Waals surface area contributed by atoms with E-state index in [1.165, 1.54) is 19.2 Å². The highest BCUT2D eigenvalue weighted by Gasteiger charge is 2.21. The molecular weight excluding hydrogens is 382 g/mol. The molecule has 5 nitrogen and oxygen atoms in total. The Kier molecular flexibility index (Phi) is 5.43. The molecule has 0 spiro atoms. The molecule has 1 amide bonds. The van der Waals surface area contributed by atoms with Crippen molar-refractivity contribution in [3.05, 3.63) is 59.2 Å². The minimum absolute atomic E-state index is 0.0809. The number of rotatable bonds is 5. The van der Waals surface area contributed by atoms with Gasteiger partial charge in [0, 0.05) is 16.5 Å². The number of hydrogen-bond acceptors (Lipinski definition) is 4. The van der Waals surface area contributed by atoms with Crippen molar-refractivity contribution in [3.8, 4) is 5.75 Å². The van der Waals surface area contributed by atoms with Gasteiger partial charge in [-0.2, -0.15) is 0 Å². The average molecular weight is 398 g/mol. The molecule has 2 aromatic rings. The smallest absolute Gasteiger partial charge is 0.265 e. The van der Waals surface area contributed by atoms with Crippen molar-refractivity contribution in [2.75, 3.05) is 7.11 Å². The normalized spacial score (nSPS) is 11.1. The molecule has 0 aromatic heterocycles. The summed E-state index contributed by atoms with van der Waals surface area (Å²) in [5.74, 6) is -0.185. The van der Waals surface area contributed by atoms with Gasteiger partial charge in [0.2, 0.25) is 0 Å². The van der Waals surface area contributed by atoms with E-state index in [1.54, 1.807) is 37.3 Å². The van der Waals surface area contributed by atoms with E-state index < -0.39 is 15.9 Å².